The van der Waals surface area contributed by atoms with Crippen LogP contribution in [0.1, 0.15) is 32.8 Å². The van der Waals surface area contributed by atoms with E-state index in [1.165, 1.54) is 0 Å². The van der Waals surface area contributed by atoms with Crippen LogP contribution in [-0.4, -0.2) is 23.3 Å². The monoisotopic (exact) mass is 312 g/mol. The first kappa shape index (κ1) is 15.4. The van der Waals surface area contributed by atoms with Crippen molar-refractivity contribution in [2.45, 2.75) is 38.8 Å². The zero-order valence-corrected chi connectivity index (χ0v) is 13.3. The maximum atomic E-state index is 10.2. The zero-order chi connectivity index (χ0) is 15.1. The van der Waals surface area contributed by atoms with E-state index in [1.54, 1.807) is 6.07 Å². The summed E-state index contributed by atoms with van der Waals surface area (Å²) in [7, 11) is 0. The van der Waals surface area contributed by atoms with E-state index in [0.717, 1.165) is 18.7 Å². The average molecular weight is 313 g/mol. The average Bonchev–Trinajstić information content (AvgIpc) is 2.74. The summed E-state index contributed by atoms with van der Waals surface area (Å²) in [5, 5.41) is 19.9. The number of halogens is 2. The molecule has 1 aliphatic rings. The topological polar surface area (TPSA) is 47.3 Å². The molecule has 0 spiro atoms. The Morgan fingerprint density at radius 2 is 2.00 bits per heavy atom. The lowest BCUT2D eigenvalue weighted by atomic mass is 9.85. The molecule has 0 radical (unpaired) electrons. The molecule has 1 heterocycles. The van der Waals surface area contributed by atoms with Crippen LogP contribution in [0.4, 0.5) is 5.69 Å². The molecule has 0 amide bonds. The highest BCUT2D eigenvalue weighted by atomic mass is 35.5. The van der Waals surface area contributed by atoms with Crippen LogP contribution in [0.2, 0.25) is 10.0 Å². The van der Waals surface area contributed by atoms with Crippen molar-refractivity contribution in [1.82, 2.24) is 0 Å². The molecule has 0 aromatic heterocycles. The molecule has 0 saturated carbocycles. The van der Waals surface area contributed by atoms with Crippen LogP contribution in [0.25, 0.3) is 0 Å². The number of aliphatic hydroxyl groups is 1. The molecule has 2 rings (SSSR count). The molecule has 1 aromatic rings. The Morgan fingerprint density at radius 1 is 1.35 bits per heavy atom. The van der Waals surface area contributed by atoms with E-state index < -0.39 is 5.60 Å². The molecular formula is C15H18Cl2N2O. The molecule has 108 valence electrons. The first-order valence-electron chi connectivity index (χ1n) is 6.64. The fraction of sp³-hybridized carbons (Fsp3) is 0.533. The second-order valence-corrected chi connectivity index (χ2v) is 6.61. The Kier molecular flexibility index (Phi) is 4.20. The van der Waals surface area contributed by atoms with Gasteiger partial charge in [0.05, 0.1) is 26.9 Å². The van der Waals surface area contributed by atoms with Crippen molar-refractivity contribution in [2.75, 3.05) is 11.4 Å². The van der Waals surface area contributed by atoms with Gasteiger partial charge in [0.25, 0.3) is 0 Å². The van der Waals surface area contributed by atoms with Crippen LogP contribution in [0.3, 0.4) is 0 Å². The molecule has 0 aliphatic carbocycles. The van der Waals surface area contributed by atoms with Gasteiger partial charge in [-0.1, -0.05) is 23.2 Å². The lowest BCUT2D eigenvalue weighted by Gasteiger charge is -2.33. The van der Waals surface area contributed by atoms with Gasteiger partial charge in [-0.15, -0.1) is 0 Å². The minimum Gasteiger partial charge on any atom is -0.390 e. The van der Waals surface area contributed by atoms with Crippen molar-refractivity contribution in [2.24, 2.45) is 5.92 Å². The third kappa shape index (κ3) is 2.61. The van der Waals surface area contributed by atoms with Crippen molar-refractivity contribution in [1.29, 1.82) is 5.26 Å². The molecule has 2 atom stereocenters. The van der Waals surface area contributed by atoms with Gasteiger partial charge in [-0.05, 0) is 39.3 Å². The first-order chi connectivity index (χ1) is 9.27. The summed E-state index contributed by atoms with van der Waals surface area (Å²) in [5.41, 5.74) is 0.484. The highest BCUT2D eigenvalue weighted by Gasteiger charge is 2.40. The van der Waals surface area contributed by atoms with Crippen molar-refractivity contribution in [3.63, 3.8) is 0 Å². The molecule has 20 heavy (non-hydrogen) atoms. The first-order valence-corrected chi connectivity index (χ1v) is 7.40. The number of nitrogens with zero attached hydrogens (tertiary/aromatic N) is 2. The summed E-state index contributed by atoms with van der Waals surface area (Å²) in [5.74, 6) is 0.174. The Labute approximate surface area is 129 Å². The van der Waals surface area contributed by atoms with Crippen LogP contribution in [0.5, 0.6) is 0 Å². The fourth-order valence-corrected chi connectivity index (χ4v) is 3.55. The molecular weight excluding hydrogens is 295 g/mol. The van der Waals surface area contributed by atoms with E-state index in [-0.39, 0.29) is 12.0 Å². The van der Waals surface area contributed by atoms with Gasteiger partial charge in [-0.2, -0.15) is 5.26 Å². The third-order valence-corrected chi connectivity index (χ3v) is 5.03. The Bertz CT molecular complexity index is 560. The number of hydrogen-bond donors (Lipinski definition) is 1. The second-order valence-electron chi connectivity index (χ2n) is 5.85. The second kappa shape index (κ2) is 5.44. The quantitative estimate of drug-likeness (QED) is 0.902. The van der Waals surface area contributed by atoms with E-state index in [0.29, 0.717) is 15.6 Å². The van der Waals surface area contributed by atoms with Crippen LogP contribution in [0.15, 0.2) is 12.1 Å². The SMILES string of the molecule is CC1C(C(C)(C)O)CCN1c1ccc(C#N)c(Cl)c1Cl. The van der Waals surface area contributed by atoms with E-state index in [2.05, 4.69) is 11.8 Å². The van der Waals surface area contributed by atoms with Crippen LogP contribution < -0.4 is 4.90 Å². The summed E-state index contributed by atoms with van der Waals surface area (Å²) in [6.07, 6.45) is 0.901. The Balaban J connectivity index is 2.35. The molecule has 1 aliphatic heterocycles. The highest BCUT2D eigenvalue weighted by molar-refractivity contribution is 6.44. The van der Waals surface area contributed by atoms with E-state index in [4.69, 9.17) is 28.5 Å². The summed E-state index contributed by atoms with van der Waals surface area (Å²) in [4.78, 5) is 2.15. The highest BCUT2D eigenvalue weighted by Crippen LogP contribution is 2.41. The van der Waals surface area contributed by atoms with Gasteiger partial charge in [-0.25, -0.2) is 0 Å². The van der Waals surface area contributed by atoms with Crippen molar-refractivity contribution in [3.05, 3.63) is 27.7 Å². The number of anilines is 1. The number of nitriles is 1. The number of hydrogen-bond acceptors (Lipinski definition) is 3. The van der Waals surface area contributed by atoms with Gasteiger partial charge in [0.15, 0.2) is 0 Å². The molecule has 1 fully saturated rings. The van der Waals surface area contributed by atoms with Crippen molar-refractivity contribution < 1.29 is 5.11 Å². The van der Waals surface area contributed by atoms with Crippen LogP contribution in [-0.2, 0) is 0 Å². The lowest BCUT2D eigenvalue weighted by molar-refractivity contribution is 0.0156. The summed E-state index contributed by atoms with van der Waals surface area (Å²) < 4.78 is 0. The zero-order valence-electron chi connectivity index (χ0n) is 11.8. The maximum absolute atomic E-state index is 10.2. The summed E-state index contributed by atoms with van der Waals surface area (Å²) >= 11 is 12.4. The smallest absolute Gasteiger partial charge is 0.101 e. The van der Waals surface area contributed by atoms with Crippen molar-refractivity contribution >= 4 is 28.9 Å². The minimum atomic E-state index is -0.725. The van der Waals surface area contributed by atoms with Gasteiger partial charge in [0.1, 0.15) is 6.07 Å². The van der Waals surface area contributed by atoms with Crippen LogP contribution >= 0.6 is 23.2 Å². The van der Waals surface area contributed by atoms with Crippen LogP contribution in [0, 0.1) is 17.2 Å². The molecule has 3 nitrogen and oxygen atoms in total. The van der Waals surface area contributed by atoms with Gasteiger partial charge in [-0.3, -0.25) is 0 Å². The largest absolute Gasteiger partial charge is 0.390 e. The minimum absolute atomic E-state index is 0.163. The molecule has 1 saturated heterocycles. The molecule has 0 bridgehead atoms. The third-order valence-electron chi connectivity index (χ3n) is 4.15. The van der Waals surface area contributed by atoms with Gasteiger partial charge >= 0.3 is 0 Å². The Morgan fingerprint density at radius 3 is 2.50 bits per heavy atom. The predicted molar refractivity (Wildman–Crippen MR) is 82.4 cm³/mol. The van der Waals surface area contributed by atoms with Gasteiger partial charge in [0.2, 0.25) is 0 Å². The number of benzene rings is 1. The molecule has 5 heteroatoms. The van der Waals surface area contributed by atoms with E-state index in [9.17, 15) is 5.11 Å². The lowest BCUT2D eigenvalue weighted by Crippen LogP contribution is -2.40. The molecule has 1 aromatic carbocycles. The summed E-state index contributed by atoms with van der Waals surface area (Å²) in [6.45, 7) is 6.58. The molecule has 2 unspecified atom stereocenters. The normalized spacial score (nSPS) is 22.9. The molecule has 1 N–H and O–H groups in total. The van der Waals surface area contributed by atoms with Crippen molar-refractivity contribution in [3.8, 4) is 6.07 Å². The maximum Gasteiger partial charge on any atom is 0.101 e. The fourth-order valence-electron chi connectivity index (χ4n) is 3.07. The number of rotatable bonds is 2. The van der Waals surface area contributed by atoms with Gasteiger partial charge < -0.3 is 10.0 Å². The van der Waals surface area contributed by atoms with E-state index in [1.807, 2.05) is 26.0 Å². The predicted octanol–water partition coefficient (Wildman–Crippen LogP) is 3.85. The van der Waals surface area contributed by atoms with E-state index >= 15 is 0 Å². The summed E-state index contributed by atoms with van der Waals surface area (Å²) in [6, 6.07) is 5.70. The van der Waals surface area contributed by atoms with Gasteiger partial charge in [0, 0.05) is 18.5 Å². The Hall–Kier alpha value is -0.950. The standard InChI is InChI=1S/C15H18Cl2N2O/c1-9-11(15(2,3)20)6-7-19(9)12-5-4-10(8-18)13(16)14(12)17/h4-5,9,11,20H,6-7H2,1-3H3.